The van der Waals surface area contributed by atoms with Crippen molar-refractivity contribution in [1.82, 2.24) is 0 Å². The number of phenols is 4. The predicted molar refractivity (Wildman–Crippen MR) is 167 cm³/mol. The summed E-state index contributed by atoms with van der Waals surface area (Å²) in [7, 11) is 0. The SMILES string of the molecule is Cc1c(O)c(O)c(O)c(-c2c3ccccc3c(-c3ccc(-c4cccc5ccccc45)cc3)c3ccccc23)c1O. The molecule has 0 aromatic heterocycles. The van der Waals surface area contributed by atoms with Gasteiger partial charge in [-0.3, -0.25) is 0 Å². The highest BCUT2D eigenvalue weighted by atomic mass is 16.3. The second-order valence-corrected chi connectivity index (χ2v) is 10.3. The Balaban J connectivity index is 1.51. The molecule has 198 valence electrons. The van der Waals surface area contributed by atoms with Crippen LogP contribution in [-0.4, -0.2) is 20.4 Å². The fourth-order valence-electron chi connectivity index (χ4n) is 6.06. The topological polar surface area (TPSA) is 80.9 Å². The first-order valence-corrected chi connectivity index (χ1v) is 13.4. The Kier molecular flexibility index (Phi) is 5.58. The lowest BCUT2D eigenvalue weighted by molar-refractivity contribution is 0.360. The van der Waals surface area contributed by atoms with Gasteiger partial charge >= 0.3 is 0 Å². The van der Waals surface area contributed by atoms with Crippen LogP contribution in [0.2, 0.25) is 0 Å². The fraction of sp³-hybridized carbons (Fsp3) is 0.0270. The van der Waals surface area contributed by atoms with Gasteiger partial charge in [-0.1, -0.05) is 115 Å². The molecule has 7 aromatic carbocycles. The van der Waals surface area contributed by atoms with E-state index in [0.717, 1.165) is 38.2 Å². The number of phenolic OH excluding ortho intramolecular Hbond substituents is 4. The number of rotatable bonds is 3. The normalized spacial score (nSPS) is 11.4. The minimum atomic E-state index is -0.656. The zero-order chi connectivity index (χ0) is 28.2. The van der Waals surface area contributed by atoms with Gasteiger partial charge in [0.1, 0.15) is 5.75 Å². The van der Waals surface area contributed by atoms with Crippen LogP contribution in [0.3, 0.4) is 0 Å². The van der Waals surface area contributed by atoms with Crippen LogP contribution in [0, 0.1) is 6.92 Å². The van der Waals surface area contributed by atoms with Gasteiger partial charge in [-0.25, -0.2) is 0 Å². The summed E-state index contributed by atoms with van der Waals surface area (Å²) in [5, 5.41) is 48.7. The van der Waals surface area contributed by atoms with Gasteiger partial charge in [0.15, 0.2) is 11.5 Å². The van der Waals surface area contributed by atoms with Gasteiger partial charge in [-0.05, 0) is 61.5 Å². The van der Waals surface area contributed by atoms with Crippen molar-refractivity contribution in [1.29, 1.82) is 0 Å². The van der Waals surface area contributed by atoms with Crippen LogP contribution >= 0.6 is 0 Å². The molecule has 41 heavy (non-hydrogen) atoms. The summed E-state index contributed by atoms with van der Waals surface area (Å²) < 4.78 is 0. The monoisotopic (exact) mass is 534 g/mol. The lowest BCUT2D eigenvalue weighted by Crippen LogP contribution is -1.93. The molecule has 0 saturated heterocycles. The van der Waals surface area contributed by atoms with Crippen molar-refractivity contribution in [2.45, 2.75) is 6.92 Å². The molecular formula is C37H26O4. The van der Waals surface area contributed by atoms with Crippen molar-refractivity contribution in [3.05, 3.63) is 121 Å². The van der Waals surface area contributed by atoms with E-state index in [1.54, 1.807) is 0 Å². The summed E-state index contributed by atoms with van der Waals surface area (Å²) in [6, 6.07) is 39.0. The Labute approximate surface area is 236 Å². The molecule has 0 saturated carbocycles. The first-order valence-electron chi connectivity index (χ1n) is 13.4. The molecule has 0 atom stereocenters. The summed E-state index contributed by atoms with van der Waals surface area (Å²) in [5.41, 5.74) is 5.13. The van der Waals surface area contributed by atoms with Gasteiger partial charge in [0, 0.05) is 11.1 Å². The Bertz CT molecular complexity index is 2050. The Morgan fingerprint density at radius 2 is 0.854 bits per heavy atom. The van der Waals surface area contributed by atoms with Crippen LogP contribution in [0.4, 0.5) is 0 Å². The predicted octanol–water partition coefficient (Wildman–Crippen LogP) is 9.28. The minimum absolute atomic E-state index is 0.0862. The average molecular weight is 535 g/mol. The lowest BCUT2D eigenvalue weighted by Gasteiger charge is -2.20. The maximum Gasteiger partial charge on any atom is 0.201 e. The van der Waals surface area contributed by atoms with E-state index in [-0.39, 0.29) is 16.9 Å². The maximum absolute atomic E-state index is 11.1. The summed E-state index contributed by atoms with van der Waals surface area (Å²) in [6.07, 6.45) is 0. The highest BCUT2D eigenvalue weighted by Gasteiger charge is 2.26. The van der Waals surface area contributed by atoms with Crippen molar-refractivity contribution in [3.63, 3.8) is 0 Å². The number of hydrogen-bond donors (Lipinski definition) is 4. The molecule has 0 bridgehead atoms. The van der Waals surface area contributed by atoms with E-state index >= 15 is 0 Å². The number of aromatic hydroxyl groups is 4. The highest BCUT2D eigenvalue weighted by molar-refractivity contribution is 6.22. The Morgan fingerprint density at radius 3 is 1.46 bits per heavy atom. The van der Waals surface area contributed by atoms with Gasteiger partial charge in [0.05, 0.1) is 5.56 Å². The number of benzene rings is 7. The van der Waals surface area contributed by atoms with Gasteiger partial charge in [0.25, 0.3) is 0 Å². The number of fused-ring (bicyclic) bond motifs is 3. The van der Waals surface area contributed by atoms with E-state index in [4.69, 9.17) is 0 Å². The average Bonchev–Trinajstić information content (AvgIpc) is 3.02. The van der Waals surface area contributed by atoms with E-state index < -0.39 is 17.2 Å². The second-order valence-electron chi connectivity index (χ2n) is 10.3. The van der Waals surface area contributed by atoms with Crippen LogP contribution in [0.15, 0.2) is 115 Å². The minimum Gasteiger partial charge on any atom is -0.507 e. The van der Waals surface area contributed by atoms with Crippen molar-refractivity contribution in [2.75, 3.05) is 0 Å². The van der Waals surface area contributed by atoms with E-state index in [9.17, 15) is 20.4 Å². The molecule has 0 radical (unpaired) electrons. The summed E-state index contributed by atoms with van der Waals surface area (Å²) in [4.78, 5) is 0. The molecule has 0 spiro atoms. The van der Waals surface area contributed by atoms with Gasteiger partial charge in [-0.2, -0.15) is 0 Å². The fourth-order valence-corrected chi connectivity index (χ4v) is 6.06. The molecule has 0 heterocycles. The van der Waals surface area contributed by atoms with Crippen LogP contribution in [0.25, 0.3) is 65.7 Å². The lowest BCUT2D eigenvalue weighted by atomic mass is 9.84. The summed E-state index contributed by atoms with van der Waals surface area (Å²) in [6.45, 7) is 1.50. The molecule has 0 aliphatic carbocycles. The van der Waals surface area contributed by atoms with E-state index in [2.05, 4.69) is 66.7 Å². The van der Waals surface area contributed by atoms with Gasteiger partial charge in [0.2, 0.25) is 5.75 Å². The molecule has 0 aliphatic rings. The standard InChI is InChI=1S/C37H26O4/c1-21-34(38)33(36(40)37(41)35(21)39)32-29-14-6-4-12-27(29)31(28-13-5-7-15-30(28)32)24-19-17-23(18-20-24)26-16-8-10-22-9-2-3-11-25(22)26/h2-20,38-41H,1H3. The molecule has 4 heteroatoms. The first-order chi connectivity index (χ1) is 20.0. The van der Waals surface area contributed by atoms with Gasteiger partial charge < -0.3 is 20.4 Å². The van der Waals surface area contributed by atoms with Crippen LogP contribution in [0.1, 0.15) is 5.56 Å². The molecule has 0 unspecified atom stereocenters. The summed E-state index contributed by atoms with van der Waals surface area (Å²) >= 11 is 0. The van der Waals surface area contributed by atoms with Crippen LogP contribution in [-0.2, 0) is 0 Å². The van der Waals surface area contributed by atoms with Crippen molar-refractivity contribution >= 4 is 32.3 Å². The molecule has 4 nitrogen and oxygen atoms in total. The van der Waals surface area contributed by atoms with E-state index in [1.165, 1.54) is 23.3 Å². The third kappa shape index (κ3) is 3.69. The van der Waals surface area contributed by atoms with Crippen molar-refractivity contribution in [2.24, 2.45) is 0 Å². The smallest absolute Gasteiger partial charge is 0.201 e. The largest absolute Gasteiger partial charge is 0.507 e. The molecule has 7 rings (SSSR count). The first kappa shape index (κ1) is 24.6. The molecule has 4 N–H and O–H groups in total. The van der Waals surface area contributed by atoms with Crippen molar-refractivity contribution < 1.29 is 20.4 Å². The molecule has 7 aromatic rings. The Hall–Kier alpha value is -5.48. The third-order valence-corrected chi connectivity index (χ3v) is 8.09. The zero-order valence-corrected chi connectivity index (χ0v) is 22.3. The number of hydrogen-bond acceptors (Lipinski definition) is 4. The zero-order valence-electron chi connectivity index (χ0n) is 22.3. The quantitative estimate of drug-likeness (QED) is 0.103. The molecule has 0 fully saturated rings. The summed E-state index contributed by atoms with van der Waals surface area (Å²) in [5.74, 6) is -2.04. The van der Waals surface area contributed by atoms with E-state index in [1.807, 2.05) is 48.5 Å². The Morgan fingerprint density at radius 1 is 0.366 bits per heavy atom. The van der Waals surface area contributed by atoms with E-state index in [0.29, 0.717) is 5.56 Å². The molecular weight excluding hydrogens is 508 g/mol. The highest BCUT2D eigenvalue weighted by Crippen LogP contribution is 2.55. The maximum atomic E-state index is 11.1. The van der Waals surface area contributed by atoms with Crippen LogP contribution in [0.5, 0.6) is 23.0 Å². The molecule has 0 amide bonds. The van der Waals surface area contributed by atoms with Crippen molar-refractivity contribution in [3.8, 4) is 56.4 Å². The second kappa shape index (κ2) is 9.32. The third-order valence-electron chi connectivity index (χ3n) is 8.09. The van der Waals surface area contributed by atoms with Crippen LogP contribution < -0.4 is 0 Å². The molecule has 0 aliphatic heterocycles. The van der Waals surface area contributed by atoms with Gasteiger partial charge in [-0.15, -0.1) is 0 Å².